The van der Waals surface area contributed by atoms with Gasteiger partial charge in [0.2, 0.25) is 0 Å². The Morgan fingerprint density at radius 1 is 1.16 bits per heavy atom. The monoisotopic (exact) mass is 253 g/mol. The minimum absolute atomic E-state index is 0.286. The highest BCUT2D eigenvalue weighted by Gasteiger charge is 2.14. The highest BCUT2D eigenvalue weighted by atomic mass is 16.3. The molecule has 4 nitrogen and oxygen atoms in total. The second-order valence-electron chi connectivity index (χ2n) is 4.48. The molecule has 0 aliphatic rings. The molecule has 1 aromatic carbocycles. The van der Waals surface area contributed by atoms with Gasteiger partial charge >= 0.3 is 0 Å². The molecule has 2 N–H and O–H groups in total. The Balaban J connectivity index is 1.89. The molecule has 3 rings (SSSR count). The van der Waals surface area contributed by atoms with Gasteiger partial charge < -0.3 is 10.2 Å². The van der Waals surface area contributed by atoms with Crippen molar-refractivity contribution in [2.24, 2.45) is 5.73 Å². The smallest absolute Gasteiger partial charge is 0.125 e. The highest BCUT2D eigenvalue weighted by Crippen LogP contribution is 2.21. The van der Waals surface area contributed by atoms with Gasteiger partial charge in [-0.1, -0.05) is 18.2 Å². The number of nitrogens with zero attached hydrogens (tertiary/aromatic N) is 2. The molecule has 4 heteroatoms. The molecule has 2 heterocycles. The number of aromatic nitrogens is 2. The second kappa shape index (κ2) is 4.74. The molecule has 2 aromatic heterocycles. The van der Waals surface area contributed by atoms with Crippen molar-refractivity contribution in [3.8, 4) is 5.69 Å². The molecule has 1 unspecified atom stereocenters. The van der Waals surface area contributed by atoms with E-state index in [1.165, 1.54) is 0 Å². The summed E-state index contributed by atoms with van der Waals surface area (Å²) in [6, 6.07) is 13.5. The van der Waals surface area contributed by atoms with Crippen LogP contribution in [0, 0.1) is 6.92 Å². The molecule has 3 aromatic rings. The molecule has 0 amide bonds. The first kappa shape index (κ1) is 11.7. The average molecular weight is 253 g/mol. The van der Waals surface area contributed by atoms with Crippen molar-refractivity contribution >= 4 is 0 Å². The number of hydrogen-bond donors (Lipinski definition) is 1. The maximum atomic E-state index is 6.17. The van der Waals surface area contributed by atoms with Gasteiger partial charge in [-0.3, -0.25) is 0 Å². The molecule has 0 fully saturated rings. The van der Waals surface area contributed by atoms with E-state index in [1.807, 2.05) is 60.3 Å². The molecule has 0 radical (unpaired) electrons. The molecule has 0 aliphatic carbocycles. The number of furan rings is 1. The van der Waals surface area contributed by atoms with E-state index in [9.17, 15) is 0 Å². The Bertz CT molecular complexity index is 670. The number of para-hydroxylation sites is 1. The summed E-state index contributed by atoms with van der Waals surface area (Å²) in [5.41, 5.74) is 8.11. The van der Waals surface area contributed by atoms with Crippen molar-refractivity contribution in [2.75, 3.05) is 0 Å². The van der Waals surface area contributed by atoms with Crippen LogP contribution in [0.4, 0.5) is 0 Å². The Kier molecular flexibility index (Phi) is 2.93. The van der Waals surface area contributed by atoms with Crippen LogP contribution in [0.15, 0.2) is 59.3 Å². The minimum atomic E-state index is -0.286. The molecule has 0 spiro atoms. The standard InChI is InChI=1S/C15H15N3O/c1-11-7-8-14(19-11)15(16)12-9-17-18(10-12)13-5-3-2-4-6-13/h2-10,15H,16H2,1H3. The van der Waals surface area contributed by atoms with E-state index in [-0.39, 0.29) is 6.04 Å². The third-order valence-electron chi connectivity index (χ3n) is 3.05. The van der Waals surface area contributed by atoms with Gasteiger partial charge in [0.05, 0.1) is 17.9 Å². The summed E-state index contributed by atoms with van der Waals surface area (Å²) in [5.74, 6) is 1.62. The molecule has 96 valence electrons. The van der Waals surface area contributed by atoms with E-state index < -0.39 is 0 Å². The predicted octanol–water partition coefficient (Wildman–Crippen LogP) is 2.82. The Hall–Kier alpha value is -2.33. The van der Waals surface area contributed by atoms with Crippen molar-refractivity contribution in [1.29, 1.82) is 0 Å². The molecule has 0 bridgehead atoms. The third-order valence-corrected chi connectivity index (χ3v) is 3.05. The molecule has 19 heavy (non-hydrogen) atoms. The fourth-order valence-corrected chi connectivity index (χ4v) is 2.00. The van der Waals surface area contributed by atoms with Crippen molar-refractivity contribution in [2.45, 2.75) is 13.0 Å². The summed E-state index contributed by atoms with van der Waals surface area (Å²) in [6.45, 7) is 1.91. The molecular formula is C15H15N3O. The third kappa shape index (κ3) is 2.30. The first-order valence-electron chi connectivity index (χ1n) is 6.16. The number of benzene rings is 1. The van der Waals surface area contributed by atoms with Gasteiger partial charge in [-0.25, -0.2) is 4.68 Å². The van der Waals surface area contributed by atoms with Crippen LogP contribution in [0.3, 0.4) is 0 Å². The zero-order valence-electron chi connectivity index (χ0n) is 10.7. The normalized spacial score (nSPS) is 12.5. The Morgan fingerprint density at radius 2 is 1.95 bits per heavy atom. The molecule has 1 atom stereocenters. The fourth-order valence-electron chi connectivity index (χ4n) is 2.00. The lowest BCUT2D eigenvalue weighted by Crippen LogP contribution is -2.09. The highest BCUT2D eigenvalue weighted by molar-refractivity contribution is 5.32. The van der Waals surface area contributed by atoms with E-state index in [4.69, 9.17) is 10.2 Å². The van der Waals surface area contributed by atoms with Gasteiger partial charge in [-0.2, -0.15) is 5.10 Å². The summed E-state index contributed by atoms with van der Waals surface area (Å²) in [4.78, 5) is 0. The summed E-state index contributed by atoms with van der Waals surface area (Å²) in [7, 11) is 0. The van der Waals surface area contributed by atoms with Gasteiger partial charge in [-0.15, -0.1) is 0 Å². The number of nitrogens with two attached hydrogens (primary N) is 1. The molecule has 0 saturated carbocycles. The lowest BCUT2D eigenvalue weighted by Gasteiger charge is -2.05. The van der Waals surface area contributed by atoms with Crippen molar-refractivity contribution in [1.82, 2.24) is 9.78 Å². The average Bonchev–Trinajstić information content (AvgIpc) is 3.08. The number of aryl methyl sites for hydroxylation is 1. The van der Waals surface area contributed by atoms with E-state index in [2.05, 4.69) is 5.10 Å². The van der Waals surface area contributed by atoms with Crippen LogP contribution in [0.1, 0.15) is 23.1 Å². The largest absolute Gasteiger partial charge is 0.464 e. The SMILES string of the molecule is Cc1ccc(C(N)c2cnn(-c3ccccc3)c2)o1. The number of hydrogen-bond acceptors (Lipinski definition) is 3. The van der Waals surface area contributed by atoms with Crippen LogP contribution in [-0.2, 0) is 0 Å². The van der Waals surface area contributed by atoms with Crippen LogP contribution in [0.2, 0.25) is 0 Å². The molecule has 0 saturated heterocycles. The molecular weight excluding hydrogens is 238 g/mol. The topological polar surface area (TPSA) is 57.0 Å². The Labute approximate surface area is 111 Å². The van der Waals surface area contributed by atoms with Crippen LogP contribution < -0.4 is 5.73 Å². The zero-order chi connectivity index (χ0) is 13.2. The summed E-state index contributed by atoms with van der Waals surface area (Å²) >= 11 is 0. The maximum absolute atomic E-state index is 6.17. The van der Waals surface area contributed by atoms with E-state index in [0.717, 1.165) is 22.8 Å². The van der Waals surface area contributed by atoms with Gasteiger partial charge in [0.1, 0.15) is 11.5 Å². The van der Waals surface area contributed by atoms with E-state index in [1.54, 1.807) is 6.20 Å². The fraction of sp³-hybridized carbons (Fsp3) is 0.133. The van der Waals surface area contributed by atoms with Crippen molar-refractivity contribution in [3.63, 3.8) is 0 Å². The quantitative estimate of drug-likeness (QED) is 0.780. The van der Waals surface area contributed by atoms with Crippen LogP contribution in [0.25, 0.3) is 5.69 Å². The zero-order valence-corrected chi connectivity index (χ0v) is 10.7. The minimum Gasteiger partial charge on any atom is -0.464 e. The molecule has 0 aliphatic heterocycles. The van der Waals surface area contributed by atoms with Crippen LogP contribution >= 0.6 is 0 Å². The van der Waals surface area contributed by atoms with Crippen molar-refractivity contribution in [3.05, 3.63) is 71.9 Å². The number of rotatable bonds is 3. The summed E-state index contributed by atoms with van der Waals surface area (Å²) < 4.78 is 7.36. The Morgan fingerprint density at radius 3 is 2.63 bits per heavy atom. The predicted molar refractivity (Wildman–Crippen MR) is 73.0 cm³/mol. The first-order valence-corrected chi connectivity index (χ1v) is 6.16. The van der Waals surface area contributed by atoms with E-state index >= 15 is 0 Å². The van der Waals surface area contributed by atoms with E-state index in [0.29, 0.717) is 0 Å². The van der Waals surface area contributed by atoms with Gasteiger partial charge in [0, 0.05) is 11.8 Å². The van der Waals surface area contributed by atoms with Gasteiger partial charge in [0.15, 0.2) is 0 Å². The lowest BCUT2D eigenvalue weighted by molar-refractivity contribution is 0.466. The van der Waals surface area contributed by atoms with Crippen molar-refractivity contribution < 1.29 is 4.42 Å². The van der Waals surface area contributed by atoms with Gasteiger partial charge in [-0.05, 0) is 31.2 Å². The summed E-state index contributed by atoms with van der Waals surface area (Å²) in [5, 5.41) is 4.33. The first-order chi connectivity index (χ1) is 9.24. The maximum Gasteiger partial charge on any atom is 0.125 e. The van der Waals surface area contributed by atoms with Crippen LogP contribution in [0.5, 0.6) is 0 Å². The lowest BCUT2D eigenvalue weighted by atomic mass is 10.1. The van der Waals surface area contributed by atoms with Gasteiger partial charge in [0.25, 0.3) is 0 Å². The summed E-state index contributed by atoms with van der Waals surface area (Å²) in [6.07, 6.45) is 3.70. The van der Waals surface area contributed by atoms with Crippen LogP contribution in [-0.4, -0.2) is 9.78 Å². The second-order valence-corrected chi connectivity index (χ2v) is 4.48.